The van der Waals surface area contributed by atoms with E-state index in [2.05, 4.69) is 6.08 Å². The van der Waals surface area contributed by atoms with Gasteiger partial charge in [0.25, 0.3) is 0 Å². The Kier molecular flexibility index (Phi) is 4.43. The zero-order valence-electron chi connectivity index (χ0n) is 13.2. The summed E-state index contributed by atoms with van der Waals surface area (Å²) in [6.45, 7) is 1.20. The molecular formula is C17H21NO4S. The van der Waals surface area contributed by atoms with Gasteiger partial charge >= 0.3 is 0 Å². The Bertz CT molecular complexity index is 721. The summed E-state index contributed by atoms with van der Waals surface area (Å²) in [6.07, 6.45) is 3.32. The zero-order chi connectivity index (χ0) is 16.4. The number of methoxy groups -OCH3 is 1. The Balaban J connectivity index is 1.64. The highest BCUT2D eigenvalue weighted by atomic mass is 32.2. The number of sulfone groups is 1. The summed E-state index contributed by atoms with van der Waals surface area (Å²) in [7, 11) is -1.37. The summed E-state index contributed by atoms with van der Waals surface area (Å²) < 4.78 is 28.2. The van der Waals surface area contributed by atoms with Crippen LogP contribution in [0.4, 0.5) is 0 Å². The number of carbonyl (C=O) groups is 1. The summed E-state index contributed by atoms with van der Waals surface area (Å²) >= 11 is 0. The quantitative estimate of drug-likeness (QED) is 0.844. The van der Waals surface area contributed by atoms with E-state index in [9.17, 15) is 13.2 Å². The van der Waals surface area contributed by atoms with Crippen LogP contribution in [0.15, 0.2) is 30.3 Å². The molecule has 3 rings (SSSR count). The molecule has 1 atom stereocenters. The molecule has 1 amide bonds. The van der Waals surface area contributed by atoms with Crippen LogP contribution < -0.4 is 4.74 Å². The smallest absolute Gasteiger partial charge is 0.227 e. The lowest BCUT2D eigenvalue weighted by Crippen LogP contribution is -2.39. The fourth-order valence-electron chi connectivity index (χ4n) is 3.18. The van der Waals surface area contributed by atoms with E-state index in [-0.39, 0.29) is 23.3 Å². The van der Waals surface area contributed by atoms with Crippen molar-refractivity contribution in [3.63, 3.8) is 0 Å². The number of nitrogens with zero attached hydrogens (tertiary/aromatic N) is 1. The molecule has 1 unspecified atom stereocenters. The second kappa shape index (κ2) is 6.35. The van der Waals surface area contributed by atoms with Gasteiger partial charge in [-0.05, 0) is 36.1 Å². The molecule has 1 aromatic carbocycles. The highest BCUT2D eigenvalue weighted by molar-refractivity contribution is 7.91. The van der Waals surface area contributed by atoms with Crippen LogP contribution >= 0.6 is 0 Å². The molecule has 6 heteroatoms. The number of amides is 1. The molecule has 0 N–H and O–H groups in total. The molecule has 0 saturated carbocycles. The third-order valence-electron chi connectivity index (χ3n) is 4.56. The van der Waals surface area contributed by atoms with E-state index >= 15 is 0 Å². The first kappa shape index (κ1) is 16.1. The van der Waals surface area contributed by atoms with Crippen molar-refractivity contribution in [3.05, 3.63) is 35.9 Å². The lowest BCUT2D eigenvalue weighted by atomic mass is 9.98. The van der Waals surface area contributed by atoms with Crippen LogP contribution in [0.3, 0.4) is 0 Å². The van der Waals surface area contributed by atoms with Crippen LogP contribution in [0, 0.1) is 5.92 Å². The van der Waals surface area contributed by atoms with Crippen LogP contribution in [-0.4, -0.2) is 50.9 Å². The van der Waals surface area contributed by atoms with Crippen molar-refractivity contribution in [1.82, 2.24) is 4.90 Å². The van der Waals surface area contributed by atoms with Crippen molar-refractivity contribution in [3.8, 4) is 5.75 Å². The predicted octanol–water partition coefficient (Wildman–Crippen LogP) is 1.75. The Morgan fingerprint density at radius 2 is 2.00 bits per heavy atom. The third kappa shape index (κ3) is 3.58. The Morgan fingerprint density at radius 3 is 2.52 bits per heavy atom. The second-order valence-corrected chi connectivity index (χ2v) is 8.32. The number of hydrogen-bond donors (Lipinski definition) is 0. The summed E-state index contributed by atoms with van der Waals surface area (Å²) in [5.74, 6) is 0.609. The highest BCUT2D eigenvalue weighted by Crippen LogP contribution is 2.27. The molecule has 5 nitrogen and oxygen atoms in total. The first-order chi connectivity index (χ1) is 11.0. The van der Waals surface area contributed by atoms with E-state index in [1.54, 1.807) is 12.0 Å². The van der Waals surface area contributed by atoms with E-state index in [1.165, 1.54) is 5.57 Å². The van der Waals surface area contributed by atoms with Crippen molar-refractivity contribution in [2.75, 3.05) is 31.7 Å². The van der Waals surface area contributed by atoms with Crippen LogP contribution in [0.1, 0.15) is 18.4 Å². The zero-order valence-corrected chi connectivity index (χ0v) is 14.0. The largest absolute Gasteiger partial charge is 0.497 e. The number of benzene rings is 1. The summed E-state index contributed by atoms with van der Waals surface area (Å²) in [5, 5.41) is 0. The molecule has 1 aromatic rings. The molecule has 2 aliphatic heterocycles. The van der Waals surface area contributed by atoms with Gasteiger partial charge in [-0.1, -0.05) is 18.2 Å². The average Bonchev–Trinajstić information content (AvgIpc) is 2.94. The minimum absolute atomic E-state index is 0.0113. The van der Waals surface area contributed by atoms with Crippen LogP contribution in [-0.2, 0) is 14.6 Å². The topological polar surface area (TPSA) is 63.7 Å². The number of rotatable bonds is 3. The first-order valence-corrected chi connectivity index (χ1v) is 9.63. The average molecular weight is 335 g/mol. The van der Waals surface area contributed by atoms with E-state index in [4.69, 9.17) is 4.74 Å². The van der Waals surface area contributed by atoms with E-state index in [0.717, 1.165) is 17.7 Å². The monoisotopic (exact) mass is 335 g/mol. The molecule has 124 valence electrons. The van der Waals surface area contributed by atoms with Crippen molar-refractivity contribution in [2.24, 2.45) is 5.92 Å². The normalized spacial score (nSPS) is 23.4. The van der Waals surface area contributed by atoms with Gasteiger partial charge in [-0.2, -0.15) is 0 Å². The predicted molar refractivity (Wildman–Crippen MR) is 88.9 cm³/mol. The van der Waals surface area contributed by atoms with Gasteiger partial charge in [0, 0.05) is 13.1 Å². The van der Waals surface area contributed by atoms with Gasteiger partial charge in [0.15, 0.2) is 9.84 Å². The fraction of sp³-hybridized carbons (Fsp3) is 0.471. The van der Waals surface area contributed by atoms with Crippen LogP contribution in [0.25, 0.3) is 5.57 Å². The maximum atomic E-state index is 12.4. The van der Waals surface area contributed by atoms with Gasteiger partial charge in [-0.25, -0.2) is 8.42 Å². The van der Waals surface area contributed by atoms with Gasteiger partial charge in [-0.3, -0.25) is 4.79 Å². The van der Waals surface area contributed by atoms with Crippen molar-refractivity contribution >= 4 is 21.3 Å². The number of hydrogen-bond acceptors (Lipinski definition) is 4. The van der Waals surface area contributed by atoms with Gasteiger partial charge in [0.1, 0.15) is 5.75 Å². The maximum Gasteiger partial charge on any atom is 0.227 e. The molecule has 23 heavy (non-hydrogen) atoms. The van der Waals surface area contributed by atoms with Gasteiger partial charge < -0.3 is 9.64 Å². The fourth-order valence-corrected chi connectivity index (χ4v) is 4.92. The number of carbonyl (C=O) groups excluding carboxylic acids is 1. The van der Waals surface area contributed by atoms with E-state index < -0.39 is 9.84 Å². The SMILES string of the molecule is COc1ccc(C2=CCN(C(=O)C3CCS(=O)(=O)C3)CC2)cc1. The molecule has 1 fully saturated rings. The number of ether oxygens (including phenoxy) is 1. The molecule has 0 radical (unpaired) electrons. The van der Waals surface area contributed by atoms with E-state index in [1.807, 2.05) is 24.3 Å². The second-order valence-electron chi connectivity index (χ2n) is 6.09. The summed E-state index contributed by atoms with van der Waals surface area (Å²) in [4.78, 5) is 14.2. The summed E-state index contributed by atoms with van der Waals surface area (Å²) in [5.41, 5.74) is 2.36. The molecule has 0 spiro atoms. The molecular weight excluding hydrogens is 314 g/mol. The van der Waals surface area contributed by atoms with Crippen molar-refractivity contribution < 1.29 is 17.9 Å². The van der Waals surface area contributed by atoms with Gasteiger partial charge in [0.05, 0.1) is 24.5 Å². The van der Waals surface area contributed by atoms with Crippen molar-refractivity contribution in [1.29, 1.82) is 0 Å². The minimum atomic E-state index is -3.01. The van der Waals surface area contributed by atoms with Crippen LogP contribution in [0.5, 0.6) is 5.75 Å². The Morgan fingerprint density at radius 1 is 1.26 bits per heavy atom. The van der Waals surface area contributed by atoms with Crippen LogP contribution in [0.2, 0.25) is 0 Å². The molecule has 1 saturated heterocycles. The highest BCUT2D eigenvalue weighted by Gasteiger charge is 2.35. The molecule has 0 aromatic heterocycles. The first-order valence-electron chi connectivity index (χ1n) is 7.81. The third-order valence-corrected chi connectivity index (χ3v) is 6.33. The lowest BCUT2D eigenvalue weighted by molar-refractivity contribution is -0.134. The van der Waals surface area contributed by atoms with Crippen molar-refractivity contribution in [2.45, 2.75) is 12.8 Å². The summed E-state index contributed by atoms with van der Waals surface area (Å²) in [6, 6.07) is 7.89. The maximum absolute atomic E-state index is 12.4. The molecule has 0 aliphatic carbocycles. The lowest BCUT2D eigenvalue weighted by Gasteiger charge is -2.28. The van der Waals surface area contributed by atoms with Gasteiger partial charge in [-0.15, -0.1) is 0 Å². The minimum Gasteiger partial charge on any atom is -0.497 e. The molecule has 0 bridgehead atoms. The molecule has 2 heterocycles. The van der Waals surface area contributed by atoms with Gasteiger partial charge in [0.2, 0.25) is 5.91 Å². The Labute approximate surface area is 136 Å². The Hall–Kier alpha value is -1.82. The van der Waals surface area contributed by atoms with E-state index in [0.29, 0.717) is 19.5 Å². The molecule has 2 aliphatic rings. The standard InChI is InChI=1S/C17H21NO4S/c1-22-16-4-2-13(3-5-16)14-6-9-18(10-7-14)17(19)15-8-11-23(20,21)12-15/h2-6,15H,7-12H2,1H3.